The number of nitrogens with zero attached hydrogens (tertiary/aromatic N) is 4. The maximum atomic E-state index is 13.8. The Morgan fingerprint density at radius 2 is 1.97 bits per heavy atom. The lowest BCUT2D eigenvalue weighted by Crippen LogP contribution is -2.40. The van der Waals surface area contributed by atoms with Gasteiger partial charge in [0.05, 0.1) is 19.0 Å². The van der Waals surface area contributed by atoms with Crippen LogP contribution in [0.1, 0.15) is 33.9 Å². The number of aliphatic hydroxyl groups excluding tert-OH is 1. The van der Waals surface area contributed by atoms with Crippen LogP contribution in [0.3, 0.4) is 0 Å². The molecule has 6 atom stereocenters. The second-order valence-electron chi connectivity index (χ2n) is 9.45. The fourth-order valence-electron chi connectivity index (χ4n) is 3.98. The topological polar surface area (TPSA) is 199 Å². The maximum Gasteiger partial charge on any atom is 0.459 e. The van der Waals surface area contributed by atoms with E-state index in [2.05, 4.69) is 20.0 Å². The number of nitrogens with one attached hydrogen (secondary N) is 1. The number of imidazole rings is 1. The fraction of sp³-hybridized carbons (Fsp3) is 0.478. The number of aromatic nitrogens is 4. The highest BCUT2D eigenvalue weighted by Crippen LogP contribution is 2.48. The minimum absolute atomic E-state index is 0.0705. The predicted octanol–water partition coefficient (Wildman–Crippen LogP) is 2.38. The zero-order chi connectivity index (χ0) is 28.5. The van der Waals surface area contributed by atoms with Crippen molar-refractivity contribution >= 4 is 48.2 Å². The summed E-state index contributed by atoms with van der Waals surface area (Å²) >= 11 is 6.74. The molecule has 212 valence electrons. The number of nitrogens with two attached hydrogens (primary N) is 2. The molecule has 1 saturated heterocycles. The van der Waals surface area contributed by atoms with Gasteiger partial charge in [-0.15, -0.1) is 11.6 Å². The highest BCUT2D eigenvalue weighted by Gasteiger charge is 2.54. The number of ether oxygens (including phenoxy) is 2. The molecule has 16 heteroatoms. The van der Waals surface area contributed by atoms with Gasteiger partial charge in [-0.05, 0) is 39.8 Å². The Morgan fingerprint density at radius 1 is 1.28 bits per heavy atom. The van der Waals surface area contributed by atoms with Gasteiger partial charge in [-0.25, -0.2) is 9.55 Å². The SMILES string of the molecule is CC(C)OC(=O)[C@H](C)NP(=O)(OC[C@H]1O[C@@H](n2cnc3c(N)nc(N)nc32)[C@](C)(Cl)[C@@H]1O)Oc1ccccc1. The maximum absolute atomic E-state index is 13.8. The number of esters is 1. The van der Waals surface area contributed by atoms with Gasteiger partial charge in [0.25, 0.3) is 0 Å². The number of hydrogen-bond donors (Lipinski definition) is 4. The molecule has 0 aliphatic carbocycles. The first-order chi connectivity index (χ1) is 18.3. The van der Waals surface area contributed by atoms with E-state index in [1.165, 1.54) is 17.8 Å². The highest BCUT2D eigenvalue weighted by atomic mass is 35.5. The number of alkyl halides is 1. The lowest BCUT2D eigenvalue weighted by atomic mass is 10.0. The van der Waals surface area contributed by atoms with Crippen molar-refractivity contribution in [2.45, 2.75) is 63.2 Å². The molecule has 3 aromatic rings. The molecular formula is C23H31ClN7O7P. The molecule has 2 aromatic heterocycles. The summed E-state index contributed by atoms with van der Waals surface area (Å²) in [5.41, 5.74) is 12.2. The largest absolute Gasteiger partial charge is 0.462 e. The molecule has 1 aromatic carbocycles. The number of rotatable bonds is 10. The Balaban J connectivity index is 1.55. The van der Waals surface area contributed by atoms with Crippen molar-refractivity contribution < 1.29 is 33.0 Å². The van der Waals surface area contributed by atoms with Crippen LogP contribution in [0.15, 0.2) is 36.7 Å². The number of halogens is 1. The number of benzene rings is 1. The van der Waals surface area contributed by atoms with Crippen LogP contribution in [0.5, 0.6) is 5.75 Å². The molecule has 0 amide bonds. The number of carbonyl (C=O) groups excluding carboxylic acids is 1. The normalized spacial score (nSPS) is 25.5. The molecule has 0 bridgehead atoms. The monoisotopic (exact) mass is 583 g/mol. The third kappa shape index (κ3) is 6.26. The molecular weight excluding hydrogens is 553 g/mol. The van der Waals surface area contributed by atoms with Crippen molar-refractivity contribution in [1.82, 2.24) is 24.6 Å². The highest BCUT2D eigenvalue weighted by molar-refractivity contribution is 7.52. The lowest BCUT2D eigenvalue weighted by molar-refractivity contribution is -0.149. The predicted molar refractivity (Wildman–Crippen MR) is 143 cm³/mol. The molecule has 0 radical (unpaired) electrons. The van der Waals surface area contributed by atoms with E-state index in [0.29, 0.717) is 0 Å². The summed E-state index contributed by atoms with van der Waals surface area (Å²) in [6, 6.07) is 7.22. The quantitative estimate of drug-likeness (QED) is 0.154. The van der Waals surface area contributed by atoms with Crippen molar-refractivity contribution in [3.8, 4) is 5.75 Å². The molecule has 1 unspecified atom stereocenters. The van der Waals surface area contributed by atoms with Crippen molar-refractivity contribution in [3.63, 3.8) is 0 Å². The van der Waals surface area contributed by atoms with E-state index in [1.54, 1.807) is 51.1 Å². The van der Waals surface area contributed by atoms with Crippen molar-refractivity contribution in [1.29, 1.82) is 0 Å². The van der Waals surface area contributed by atoms with E-state index >= 15 is 0 Å². The smallest absolute Gasteiger partial charge is 0.459 e. The van der Waals surface area contributed by atoms with E-state index in [9.17, 15) is 14.5 Å². The van der Waals surface area contributed by atoms with Gasteiger partial charge in [0.1, 0.15) is 34.4 Å². The van der Waals surface area contributed by atoms with Gasteiger partial charge >= 0.3 is 13.7 Å². The summed E-state index contributed by atoms with van der Waals surface area (Å²) in [4.78, 5) is 23.2. The third-order valence-electron chi connectivity index (χ3n) is 5.87. The van der Waals surface area contributed by atoms with Gasteiger partial charge in [-0.1, -0.05) is 18.2 Å². The van der Waals surface area contributed by atoms with Crippen LogP contribution in [0, 0.1) is 0 Å². The van der Waals surface area contributed by atoms with E-state index < -0.39 is 49.7 Å². The number of para-hydroxylation sites is 1. The number of fused-ring (bicyclic) bond motifs is 1. The molecule has 1 aliphatic heterocycles. The Bertz CT molecular complexity index is 1370. The average molecular weight is 584 g/mol. The van der Waals surface area contributed by atoms with Gasteiger partial charge in [0, 0.05) is 0 Å². The zero-order valence-corrected chi connectivity index (χ0v) is 23.4. The molecule has 1 aliphatic rings. The zero-order valence-electron chi connectivity index (χ0n) is 21.7. The van der Waals surface area contributed by atoms with Gasteiger partial charge in [-0.2, -0.15) is 15.1 Å². The Labute approximate surface area is 229 Å². The average Bonchev–Trinajstić information content (AvgIpc) is 3.36. The van der Waals surface area contributed by atoms with Gasteiger partial charge in [-0.3, -0.25) is 13.9 Å². The number of aliphatic hydroxyl groups is 1. The molecule has 1 fully saturated rings. The number of anilines is 2. The first-order valence-electron chi connectivity index (χ1n) is 12.1. The van der Waals surface area contributed by atoms with Crippen LogP contribution in [0.25, 0.3) is 11.2 Å². The van der Waals surface area contributed by atoms with Crippen LogP contribution in [0.2, 0.25) is 0 Å². The lowest BCUT2D eigenvalue weighted by Gasteiger charge is -2.26. The van der Waals surface area contributed by atoms with E-state index in [4.69, 9.17) is 41.6 Å². The summed E-state index contributed by atoms with van der Waals surface area (Å²) in [7, 11) is -4.21. The minimum Gasteiger partial charge on any atom is -0.462 e. The van der Waals surface area contributed by atoms with Crippen LogP contribution in [0.4, 0.5) is 11.8 Å². The van der Waals surface area contributed by atoms with Gasteiger partial charge in [0.15, 0.2) is 17.7 Å². The Morgan fingerprint density at radius 3 is 2.64 bits per heavy atom. The van der Waals surface area contributed by atoms with Crippen LogP contribution in [-0.4, -0.2) is 66.4 Å². The van der Waals surface area contributed by atoms with Crippen LogP contribution in [-0.2, 0) is 23.4 Å². The number of carbonyl (C=O) groups is 1. The summed E-state index contributed by atoms with van der Waals surface area (Å²) in [6.07, 6.45) is -2.36. The van der Waals surface area contributed by atoms with E-state index in [0.717, 1.165) is 0 Å². The van der Waals surface area contributed by atoms with Crippen molar-refractivity contribution in [2.75, 3.05) is 18.1 Å². The molecule has 0 spiro atoms. The first-order valence-corrected chi connectivity index (χ1v) is 14.0. The number of nitrogen functional groups attached to an aromatic ring is 2. The first kappa shape index (κ1) is 29.0. The molecule has 6 N–H and O–H groups in total. The van der Waals surface area contributed by atoms with E-state index in [-0.39, 0.29) is 34.8 Å². The van der Waals surface area contributed by atoms with Crippen molar-refractivity contribution in [2.24, 2.45) is 0 Å². The molecule has 3 heterocycles. The standard InChI is InChI=1S/C23H31ClN7O7P/c1-12(2)36-20(33)13(3)30-39(34,38-14-8-6-5-7-9-14)35-10-15-17(32)23(4,24)21(37-15)31-11-27-16-18(25)28-22(26)29-19(16)31/h5-9,11-13,15,17,21,32H,10H2,1-4H3,(H,30,34)(H4,25,26,28,29)/t13-,15+,17+,21+,23+,39?/m0/s1. The molecule has 0 saturated carbocycles. The third-order valence-corrected chi connectivity index (χ3v) is 7.92. The molecule has 14 nitrogen and oxygen atoms in total. The second-order valence-corrected chi connectivity index (χ2v) is 12.0. The van der Waals surface area contributed by atoms with Crippen LogP contribution < -0.4 is 21.1 Å². The van der Waals surface area contributed by atoms with E-state index in [1.807, 2.05) is 0 Å². The Kier molecular flexibility index (Phi) is 8.36. The summed E-state index contributed by atoms with van der Waals surface area (Å²) in [6.45, 7) is 5.99. The van der Waals surface area contributed by atoms with Gasteiger partial charge < -0.3 is 30.6 Å². The second kappa shape index (κ2) is 11.2. The minimum atomic E-state index is -4.21. The molecule has 39 heavy (non-hydrogen) atoms. The Hall–Kier alpha value is -3.00. The van der Waals surface area contributed by atoms with Gasteiger partial charge in [0.2, 0.25) is 5.95 Å². The summed E-state index contributed by atoms with van der Waals surface area (Å²) < 4.78 is 37.8. The van der Waals surface area contributed by atoms with Crippen molar-refractivity contribution in [3.05, 3.63) is 36.7 Å². The van der Waals surface area contributed by atoms with Crippen LogP contribution >= 0.6 is 19.3 Å². The summed E-state index contributed by atoms with van der Waals surface area (Å²) in [5.74, 6) is -0.429. The summed E-state index contributed by atoms with van der Waals surface area (Å²) in [5, 5.41) is 13.6. The fourth-order valence-corrected chi connectivity index (χ4v) is 5.78. The number of hydrogen-bond acceptors (Lipinski definition) is 12. The molecule has 4 rings (SSSR count).